The Bertz CT molecular complexity index is 521. The molecule has 0 aliphatic carbocycles. The standard InChI is InChI=1S/C12H13NO8/c14-6-7(15)9(10(17)18)20-12(8(6)16)21-11(19)5-2-1-3-13-4-5/h1-4,6-9,12,14-16H,(H,17,18)/t6-,7?,8-,9?,12-/m1/s1. The van der Waals surface area contributed by atoms with E-state index in [0.29, 0.717) is 0 Å². The first-order valence-electron chi connectivity index (χ1n) is 5.95. The molecule has 1 aliphatic rings. The quantitative estimate of drug-likeness (QED) is 0.471. The number of hydrogen-bond acceptors (Lipinski definition) is 8. The fourth-order valence-corrected chi connectivity index (χ4v) is 1.81. The van der Waals surface area contributed by atoms with E-state index in [0.717, 1.165) is 0 Å². The predicted molar refractivity (Wildman–Crippen MR) is 64.0 cm³/mol. The van der Waals surface area contributed by atoms with Gasteiger partial charge in [-0.15, -0.1) is 0 Å². The number of aliphatic carboxylic acids is 1. The van der Waals surface area contributed by atoms with Crippen molar-refractivity contribution in [2.24, 2.45) is 0 Å². The Morgan fingerprint density at radius 2 is 1.90 bits per heavy atom. The van der Waals surface area contributed by atoms with Gasteiger partial charge in [0.05, 0.1) is 5.56 Å². The van der Waals surface area contributed by atoms with Gasteiger partial charge in [0.1, 0.15) is 18.3 Å². The molecule has 1 aromatic heterocycles. The van der Waals surface area contributed by atoms with E-state index in [-0.39, 0.29) is 5.56 Å². The molecule has 0 radical (unpaired) electrons. The third-order valence-corrected chi connectivity index (χ3v) is 2.93. The zero-order chi connectivity index (χ0) is 15.6. The van der Waals surface area contributed by atoms with Crippen LogP contribution in [0.5, 0.6) is 0 Å². The topological polar surface area (TPSA) is 146 Å². The molecule has 2 unspecified atom stereocenters. The Kier molecular flexibility index (Phi) is 4.48. The van der Waals surface area contributed by atoms with Crippen molar-refractivity contribution in [2.45, 2.75) is 30.7 Å². The van der Waals surface area contributed by atoms with Crippen molar-refractivity contribution in [3.63, 3.8) is 0 Å². The molecule has 4 N–H and O–H groups in total. The zero-order valence-corrected chi connectivity index (χ0v) is 10.6. The van der Waals surface area contributed by atoms with Crippen LogP contribution in [-0.4, -0.2) is 68.1 Å². The average Bonchev–Trinajstić information content (AvgIpc) is 2.48. The highest BCUT2D eigenvalue weighted by Gasteiger charge is 2.48. The van der Waals surface area contributed by atoms with E-state index in [4.69, 9.17) is 14.6 Å². The third-order valence-electron chi connectivity index (χ3n) is 2.93. The lowest BCUT2D eigenvalue weighted by Crippen LogP contribution is -2.60. The summed E-state index contributed by atoms with van der Waals surface area (Å²) in [5, 5.41) is 37.6. The van der Waals surface area contributed by atoms with Crippen molar-refractivity contribution in [2.75, 3.05) is 0 Å². The summed E-state index contributed by atoms with van der Waals surface area (Å²) in [6.45, 7) is 0. The summed E-state index contributed by atoms with van der Waals surface area (Å²) in [6.07, 6.45) is -6.36. The van der Waals surface area contributed by atoms with E-state index in [1.165, 1.54) is 24.5 Å². The molecule has 1 saturated heterocycles. The maximum atomic E-state index is 11.8. The monoisotopic (exact) mass is 299 g/mol. The molecule has 2 heterocycles. The highest BCUT2D eigenvalue weighted by molar-refractivity contribution is 5.89. The minimum absolute atomic E-state index is 0.0563. The highest BCUT2D eigenvalue weighted by Crippen LogP contribution is 2.23. The summed E-state index contributed by atoms with van der Waals surface area (Å²) in [5.41, 5.74) is 0.0563. The van der Waals surface area contributed by atoms with E-state index >= 15 is 0 Å². The fraction of sp³-hybridized carbons (Fsp3) is 0.417. The zero-order valence-electron chi connectivity index (χ0n) is 10.6. The molecule has 5 atom stereocenters. The van der Waals surface area contributed by atoms with Gasteiger partial charge in [-0.3, -0.25) is 4.98 Å². The van der Waals surface area contributed by atoms with Gasteiger partial charge in [0.25, 0.3) is 0 Å². The lowest BCUT2D eigenvalue weighted by Gasteiger charge is -2.37. The number of nitrogens with zero attached hydrogens (tertiary/aromatic N) is 1. The van der Waals surface area contributed by atoms with Gasteiger partial charge in [-0.05, 0) is 12.1 Å². The molecule has 9 nitrogen and oxygen atoms in total. The van der Waals surface area contributed by atoms with Crippen LogP contribution in [0.25, 0.3) is 0 Å². The number of pyridine rings is 1. The number of aliphatic hydroxyl groups is 3. The minimum Gasteiger partial charge on any atom is -0.479 e. The summed E-state index contributed by atoms with van der Waals surface area (Å²) in [6, 6.07) is 2.87. The van der Waals surface area contributed by atoms with Crippen molar-refractivity contribution < 1.29 is 39.5 Å². The molecule has 0 spiro atoms. The van der Waals surface area contributed by atoms with E-state index in [1.807, 2.05) is 0 Å². The Balaban J connectivity index is 2.11. The molecule has 1 aromatic rings. The van der Waals surface area contributed by atoms with Crippen molar-refractivity contribution in [3.05, 3.63) is 30.1 Å². The SMILES string of the molecule is O=C(O[C@H]1OC(C(=O)O)C(O)[C@@H](O)[C@H]1O)c1cccnc1. The van der Waals surface area contributed by atoms with Crippen LogP contribution in [0.2, 0.25) is 0 Å². The maximum Gasteiger partial charge on any atom is 0.342 e. The number of carbonyl (C=O) groups is 2. The smallest absolute Gasteiger partial charge is 0.342 e. The van der Waals surface area contributed by atoms with Crippen LogP contribution >= 0.6 is 0 Å². The predicted octanol–water partition coefficient (Wildman–Crippen LogP) is -1.87. The number of esters is 1. The molecule has 0 saturated carbocycles. The van der Waals surface area contributed by atoms with E-state index in [9.17, 15) is 24.9 Å². The molecular formula is C12H13NO8. The van der Waals surface area contributed by atoms with Crippen molar-refractivity contribution in [1.29, 1.82) is 0 Å². The molecule has 1 aliphatic heterocycles. The minimum atomic E-state index is -1.84. The second kappa shape index (κ2) is 6.14. The van der Waals surface area contributed by atoms with Gasteiger partial charge >= 0.3 is 11.9 Å². The molecule has 1 fully saturated rings. The summed E-state index contributed by atoms with van der Waals surface area (Å²) in [7, 11) is 0. The lowest BCUT2D eigenvalue weighted by molar-refractivity contribution is -0.278. The molecule has 9 heteroatoms. The first-order valence-corrected chi connectivity index (χ1v) is 5.95. The van der Waals surface area contributed by atoms with E-state index in [2.05, 4.69) is 4.98 Å². The number of carboxylic acids is 1. The normalized spacial score (nSPS) is 32.4. The number of aliphatic hydroxyl groups excluding tert-OH is 3. The largest absolute Gasteiger partial charge is 0.479 e. The molecule has 0 aromatic carbocycles. The van der Waals surface area contributed by atoms with Gasteiger partial charge in [0.15, 0.2) is 6.10 Å². The lowest BCUT2D eigenvalue weighted by atomic mass is 9.99. The summed E-state index contributed by atoms with van der Waals surface area (Å²) < 4.78 is 9.62. The molecule has 0 bridgehead atoms. The molecule has 0 amide bonds. The van der Waals surface area contributed by atoms with Crippen LogP contribution in [0.1, 0.15) is 10.4 Å². The van der Waals surface area contributed by atoms with Gasteiger partial charge in [0.2, 0.25) is 6.29 Å². The second-order valence-corrected chi connectivity index (χ2v) is 4.38. The first kappa shape index (κ1) is 15.3. The van der Waals surface area contributed by atoms with Gasteiger partial charge in [-0.1, -0.05) is 0 Å². The summed E-state index contributed by atoms with van der Waals surface area (Å²) in [4.78, 5) is 26.4. The summed E-state index contributed by atoms with van der Waals surface area (Å²) in [5.74, 6) is -2.48. The van der Waals surface area contributed by atoms with Gasteiger partial charge < -0.3 is 29.9 Å². The van der Waals surface area contributed by atoms with Crippen molar-refractivity contribution >= 4 is 11.9 Å². The van der Waals surface area contributed by atoms with Gasteiger partial charge in [-0.2, -0.15) is 0 Å². The maximum absolute atomic E-state index is 11.8. The van der Waals surface area contributed by atoms with Crippen LogP contribution in [0.3, 0.4) is 0 Å². The van der Waals surface area contributed by atoms with Crippen LogP contribution < -0.4 is 0 Å². The van der Waals surface area contributed by atoms with E-state index in [1.54, 1.807) is 0 Å². The number of carboxylic acid groups (broad SMARTS) is 1. The van der Waals surface area contributed by atoms with Crippen LogP contribution in [0.4, 0.5) is 0 Å². The summed E-state index contributed by atoms with van der Waals surface area (Å²) >= 11 is 0. The van der Waals surface area contributed by atoms with Gasteiger partial charge in [-0.25, -0.2) is 9.59 Å². The number of ether oxygens (including phenoxy) is 2. The fourth-order valence-electron chi connectivity index (χ4n) is 1.81. The Morgan fingerprint density at radius 3 is 2.48 bits per heavy atom. The molecular weight excluding hydrogens is 286 g/mol. The van der Waals surface area contributed by atoms with Gasteiger partial charge in [0, 0.05) is 12.4 Å². The number of hydrogen-bond donors (Lipinski definition) is 4. The first-order chi connectivity index (χ1) is 9.91. The molecule has 21 heavy (non-hydrogen) atoms. The number of aromatic nitrogens is 1. The average molecular weight is 299 g/mol. The number of carbonyl (C=O) groups excluding carboxylic acids is 1. The van der Waals surface area contributed by atoms with Crippen LogP contribution in [0, 0.1) is 0 Å². The van der Waals surface area contributed by atoms with Crippen molar-refractivity contribution in [1.82, 2.24) is 4.98 Å². The third kappa shape index (κ3) is 3.16. The Morgan fingerprint density at radius 1 is 1.19 bits per heavy atom. The van der Waals surface area contributed by atoms with E-state index < -0.39 is 42.6 Å². The second-order valence-electron chi connectivity index (χ2n) is 4.38. The van der Waals surface area contributed by atoms with Crippen LogP contribution in [0.15, 0.2) is 24.5 Å². The highest BCUT2D eigenvalue weighted by atomic mass is 16.7. The number of rotatable bonds is 3. The molecule has 114 valence electrons. The molecule has 2 rings (SSSR count). The van der Waals surface area contributed by atoms with Crippen molar-refractivity contribution in [3.8, 4) is 0 Å². The van der Waals surface area contributed by atoms with Crippen LogP contribution in [-0.2, 0) is 14.3 Å². The Hall–Kier alpha value is -2.07. The Labute approximate surface area is 118 Å².